The van der Waals surface area contributed by atoms with Crippen LogP contribution in [0.4, 0.5) is 11.4 Å². The van der Waals surface area contributed by atoms with Gasteiger partial charge in [0.05, 0.1) is 30.0 Å². The van der Waals surface area contributed by atoms with E-state index in [1.165, 1.54) is 23.3 Å². The molecule has 0 saturated carbocycles. The molecule has 0 bridgehead atoms. The lowest BCUT2D eigenvalue weighted by Crippen LogP contribution is -2.07. The van der Waals surface area contributed by atoms with Gasteiger partial charge in [-0.2, -0.15) is 5.10 Å². The first-order valence-corrected chi connectivity index (χ1v) is 10.9. The van der Waals surface area contributed by atoms with Crippen LogP contribution in [-0.4, -0.2) is 24.4 Å². The van der Waals surface area contributed by atoms with Gasteiger partial charge in [0.1, 0.15) is 11.5 Å². The van der Waals surface area contributed by atoms with Gasteiger partial charge in [0.15, 0.2) is 0 Å². The second-order valence-corrected chi connectivity index (χ2v) is 7.96. The lowest BCUT2D eigenvalue weighted by atomic mass is 10.0. The summed E-state index contributed by atoms with van der Waals surface area (Å²) >= 11 is 0. The number of benzene rings is 3. The third-order valence-corrected chi connectivity index (χ3v) is 4.99. The number of nitrogens with one attached hydrogen (secondary N) is 1. The Morgan fingerprint density at radius 3 is 2.39 bits per heavy atom. The zero-order valence-electron chi connectivity index (χ0n) is 19.2. The Hall–Kier alpha value is -3.87. The molecule has 0 radical (unpaired) electrons. The van der Waals surface area contributed by atoms with Gasteiger partial charge in [0.25, 0.3) is 5.69 Å². The highest BCUT2D eigenvalue weighted by Gasteiger charge is 2.08. The van der Waals surface area contributed by atoms with Gasteiger partial charge in [-0.1, -0.05) is 38.1 Å². The molecule has 7 heteroatoms. The van der Waals surface area contributed by atoms with Crippen LogP contribution >= 0.6 is 0 Å². The van der Waals surface area contributed by atoms with Gasteiger partial charge >= 0.3 is 0 Å². The Bertz CT molecular complexity index is 1090. The zero-order valence-corrected chi connectivity index (χ0v) is 19.2. The highest BCUT2D eigenvalue weighted by atomic mass is 16.6. The Labute approximate surface area is 194 Å². The first-order valence-electron chi connectivity index (χ1n) is 10.9. The maximum absolute atomic E-state index is 10.7. The predicted octanol–water partition coefficient (Wildman–Crippen LogP) is 6.32. The fraction of sp³-hybridized carbons (Fsp3) is 0.269. The standard InChI is InChI=1S/C26H29N3O4/c1-19(2)24-14-9-20(3)17-26(24)33-16-6-15-32-25-8-5-4-7-21(25)18-27-28-22-10-12-23(13-11-22)29(30)31/h4-5,7-14,17-19,28H,6,15-16H2,1-3H3. The second kappa shape index (κ2) is 11.7. The number of anilines is 1. The molecule has 0 aliphatic heterocycles. The van der Waals surface area contributed by atoms with E-state index >= 15 is 0 Å². The molecule has 0 unspecified atom stereocenters. The van der Waals surface area contributed by atoms with E-state index in [0.29, 0.717) is 24.8 Å². The molecule has 0 spiro atoms. The van der Waals surface area contributed by atoms with Crippen LogP contribution in [0.15, 0.2) is 71.8 Å². The monoisotopic (exact) mass is 447 g/mol. The van der Waals surface area contributed by atoms with Gasteiger partial charge in [-0.3, -0.25) is 15.5 Å². The minimum Gasteiger partial charge on any atom is -0.493 e. The van der Waals surface area contributed by atoms with Crippen molar-refractivity contribution in [1.82, 2.24) is 0 Å². The fourth-order valence-electron chi connectivity index (χ4n) is 3.22. The van der Waals surface area contributed by atoms with Gasteiger partial charge in [-0.05, 0) is 54.3 Å². The summed E-state index contributed by atoms with van der Waals surface area (Å²) in [7, 11) is 0. The van der Waals surface area contributed by atoms with Crippen LogP contribution in [0.2, 0.25) is 0 Å². The van der Waals surface area contributed by atoms with Crippen molar-refractivity contribution in [3.63, 3.8) is 0 Å². The summed E-state index contributed by atoms with van der Waals surface area (Å²) < 4.78 is 12.0. The van der Waals surface area contributed by atoms with Crippen molar-refractivity contribution >= 4 is 17.6 Å². The van der Waals surface area contributed by atoms with E-state index < -0.39 is 4.92 Å². The molecule has 7 nitrogen and oxygen atoms in total. The summed E-state index contributed by atoms with van der Waals surface area (Å²) in [4.78, 5) is 10.3. The number of hydrogen-bond donors (Lipinski definition) is 1. The molecule has 3 aromatic rings. The summed E-state index contributed by atoms with van der Waals surface area (Å²) in [5, 5.41) is 15.0. The van der Waals surface area contributed by atoms with Crippen LogP contribution in [-0.2, 0) is 0 Å². The van der Waals surface area contributed by atoms with E-state index in [1.54, 1.807) is 18.3 Å². The largest absolute Gasteiger partial charge is 0.493 e. The van der Waals surface area contributed by atoms with Crippen molar-refractivity contribution < 1.29 is 14.4 Å². The van der Waals surface area contributed by atoms with Crippen molar-refractivity contribution in [2.45, 2.75) is 33.1 Å². The van der Waals surface area contributed by atoms with Crippen LogP contribution in [0.3, 0.4) is 0 Å². The fourth-order valence-corrected chi connectivity index (χ4v) is 3.22. The summed E-state index contributed by atoms with van der Waals surface area (Å²) in [6, 6.07) is 20.0. The number of hydrogen-bond acceptors (Lipinski definition) is 6. The first kappa shape index (κ1) is 23.8. The summed E-state index contributed by atoms with van der Waals surface area (Å²) in [5.41, 5.74) is 6.79. The van der Waals surface area contributed by atoms with Crippen molar-refractivity contribution in [3.05, 3.63) is 93.5 Å². The summed E-state index contributed by atoms with van der Waals surface area (Å²) in [6.07, 6.45) is 2.41. The van der Waals surface area contributed by atoms with E-state index in [4.69, 9.17) is 9.47 Å². The Morgan fingerprint density at radius 1 is 1.00 bits per heavy atom. The maximum Gasteiger partial charge on any atom is 0.269 e. The van der Waals surface area contributed by atoms with Gasteiger partial charge in [0.2, 0.25) is 0 Å². The van der Waals surface area contributed by atoms with Crippen molar-refractivity contribution in [3.8, 4) is 11.5 Å². The maximum atomic E-state index is 10.7. The molecule has 0 amide bonds. The third-order valence-electron chi connectivity index (χ3n) is 4.99. The van der Waals surface area contributed by atoms with E-state index in [9.17, 15) is 10.1 Å². The summed E-state index contributed by atoms with van der Waals surface area (Å²) in [6.45, 7) is 7.48. The van der Waals surface area contributed by atoms with Crippen molar-refractivity contribution in [2.75, 3.05) is 18.6 Å². The number of non-ortho nitro benzene ring substituents is 1. The molecule has 0 heterocycles. The zero-order chi connectivity index (χ0) is 23.6. The molecular weight excluding hydrogens is 418 g/mol. The van der Waals surface area contributed by atoms with Gasteiger partial charge in [-0.25, -0.2) is 0 Å². The quantitative estimate of drug-likeness (QED) is 0.161. The molecule has 0 saturated heterocycles. The topological polar surface area (TPSA) is 86.0 Å². The number of nitrogens with zero attached hydrogens (tertiary/aromatic N) is 2. The number of aryl methyl sites for hydroxylation is 1. The molecule has 0 fully saturated rings. The van der Waals surface area contributed by atoms with Crippen LogP contribution < -0.4 is 14.9 Å². The molecule has 3 aromatic carbocycles. The van der Waals surface area contributed by atoms with E-state index in [0.717, 1.165) is 23.5 Å². The number of para-hydroxylation sites is 1. The van der Waals surface area contributed by atoms with E-state index in [-0.39, 0.29) is 5.69 Å². The molecule has 1 N–H and O–H groups in total. The predicted molar refractivity (Wildman–Crippen MR) is 132 cm³/mol. The minimum absolute atomic E-state index is 0.0371. The molecule has 0 aliphatic carbocycles. The van der Waals surface area contributed by atoms with Crippen LogP contribution in [0.25, 0.3) is 0 Å². The SMILES string of the molecule is Cc1ccc(C(C)C)c(OCCCOc2ccccc2C=NNc2ccc([N+](=O)[O-])cc2)c1. The average Bonchev–Trinajstić information content (AvgIpc) is 2.80. The Morgan fingerprint density at radius 2 is 1.70 bits per heavy atom. The van der Waals surface area contributed by atoms with Crippen molar-refractivity contribution in [2.24, 2.45) is 5.10 Å². The average molecular weight is 448 g/mol. The molecule has 3 rings (SSSR count). The first-order chi connectivity index (χ1) is 15.9. The molecule has 33 heavy (non-hydrogen) atoms. The van der Waals surface area contributed by atoms with Gasteiger partial charge in [-0.15, -0.1) is 0 Å². The number of hydrazone groups is 1. The van der Waals surface area contributed by atoms with E-state index in [1.807, 2.05) is 24.3 Å². The molecule has 0 aliphatic rings. The second-order valence-electron chi connectivity index (χ2n) is 7.96. The Balaban J connectivity index is 1.50. The third kappa shape index (κ3) is 7.07. The van der Waals surface area contributed by atoms with Crippen molar-refractivity contribution in [1.29, 1.82) is 0 Å². The van der Waals surface area contributed by atoms with Gasteiger partial charge < -0.3 is 9.47 Å². The number of nitro benzene ring substituents is 1. The molecule has 172 valence electrons. The van der Waals surface area contributed by atoms with Crippen LogP contribution in [0.1, 0.15) is 42.9 Å². The smallest absolute Gasteiger partial charge is 0.269 e. The van der Waals surface area contributed by atoms with Gasteiger partial charge in [0, 0.05) is 24.1 Å². The van der Waals surface area contributed by atoms with Crippen LogP contribution in [0, 0.1) is 17.0 Å². The molecule has 0 aromatic heterocycles. The normalized spacial score (nSPS) is 11.0. The number of nitro groups is 1. The lowest BCUT2D eigenvalue weighted by Gasteiger charge is -2.15. The lowest BCUT2D eigenvalue weighted by molar-refractivity contribution is -0.384. The van der Waals surface area contributed by atoms with E-state index in [2.05, 4.69) is 49.5 Å². The molecular formula is C26H29N3O4. The highest BCUT2D eigenvalue weighted by Crippen LogP contribution is 2.27. The minimum atomic E-state index is -0.435. The molecule has 0 atom stereocenters. The number of ether oxygens (including phenoxy) is 2. The Kier molecular flexibility index (Phi) is 8.41. The summed E-state index contributed by atoms with van der Waals surface area (Å²) in [5.74, 6) is 2.07. The van der Waals surface area contributed by atoms with Crippen LogP contribution in [0.5, 0.6) is 11.5 Å². The highest BCUT2D eigenvalue weighted by molar-refractivity contribution is 5.84. The number of rotatable bonds is 11.